The average molecular weight is 436 g/mol. The number of hydrogen-bond acceptors (Lipinski definition) is 5. The van der Waals surface area contributed by atoms with Gasteiger partial charge in [-0.2, -0.15) is 0 Å². The number of Topliss-reactive ketones (excluding diaryl/α,β-unsaturated/α-hetero) is 3. The van der Waals surface area contributed by atoms with Gasteiger partial charge < -0.3 is 10.1 Å². The van der Waals surface area contributed by atoms with E-state index < -0.39 is 0 Å². The third-order valence-electron chi connectivity index (χ3n) is 5.57. The Labute approximate surface area is 190 Å². The van der Waals surface area contributed by atoms with Gasteiger partial charge in [-0.1, -0.05) is 43.3 Å². The first-order valence-electron chi connectivity index (χ1n) is 11.0. The zero-order valence-electron chi connectivity index (χ0n) is 19.7. The summed E-state index contributed by atoms with van der Waals surface area (Å²) in [5, 5.41) is 3.11. The summed E-state index contributed by atoms with van der Waals surface area (Å²) >= 11 is 0. The maximum absolute atomic E-state index is 12.9. The second-order valence-electron chi connectivity index (χ2n) is 7.93. The molecular weight excluding hydrogens is 402 g/mol. The summed E-state index contributed by atoms with van der Waals surface area (Å²) in [6, 6.07) is 12.8. The number of ether oxygens (including phenoxy) is 1. The van der Waals surface area contributed by atoms with Crippen LogP contribution in [0.25, 0.3) is 6.08 Å². The van der Waals surface area contributed by atoms with Crippen molar-refractivity contribution in [3.63, 3.8) is 0 Å². The van der Waals surface area contributed by atoms with E-state index in [9.17, 15) is 14.4 Å². The molecule has 0 radical (unpaired) electrons. The van der Waals surface area contributed by atoms with E-state index in [1.165, 1.54) is 6.92 Å². The fourth-order valence-corrected chi connectivity index (χ4v) is 3.50. The maximum Gasteiger partial charge on any atom is 0.170 e. The van der Waals surface area contributed by atoms with Gasteiger partial charge in [0, 0.05) is 43.9 Å². The normalized spacial score (nSPS) is 12.3. The Bertz CT molecular complexity index is 989. The van der Waals surface area contributed by atoms with E-state index in [4.69, 9.17) is 4.74 Å². The first kappa shape index (κ1) is 25.2. The first-order chi connectivity index (χ1) is 15.3. The van der Waals surface area contributed by atoms with Crippen molar-refractivity contribution in [2.75, 3.05) is 25.6 Å². The molecule has 5 heteroatoms. The molecule has 0 aliphatic heterocycles. The Morgan fingerprint density at radius 1 is 1.09 bits per heavy atom. The van der Waals surface area contributed by atoms with Crippen LogP contribution in [-0.2, 0) is 20.7 Å². The molecule has 2 rings (SSSR count). The summed E-state index contributed by atoms with van der Waals surface area (Å²) in [6.07, 6.45) is 2.44. The van der Waals surface area contributed by atoms with Gasteiger partial charge in [-0.05, 0) is 56.0 Å². The van der Waals surface area contributed by atoms with Crippen LogP contribution < -0.4 is 5.32 Å². The molecule has 5 nitrogen and oxygen atoms in total. The maximum atomic E-state index is 12.9. The Kier molecular flexibility index (Phi) is 9.54. The number of benzene rings is 2. The fourth-order valence-electron chi connectivity index (χ4n) is 3.50. The predicted molar refractivity (Wildman–Crippen MR) is 129 cm³/mol. The quantitative estimate of drug-likeness (QED) is 0.166. The van der Waals surface area contributed by atoms with Gasteiger partial charge in [0.15, 0.2) is 17.3 Å². The third kappa shape index (κ3) is 6.72. The van der Waals surface area contributed by atoms with E-state index in [1.807, 2.05) is 46.0 Å². The molecular formula is C27H33NO4. The lowest BCUT2D eigenvalue weighted by Gasteiger charge is -2.11. The molecule has 0 bridgehead atoms. The topological polar surface area (TPSA) is 72.5 Å². The summed E-state index contributed by atoms with van der Waals surface area (Å²) in [4.78, 5) is 37.7. The Hall–Kier alpha value is -3.05. The predicted octanol–water partition coefficient (Wildman–Crippen LogP) is 5.07. The molecule has 0 saturated heterocycles. The number of allylic oxidation sites excluding steroid dienone is 1. The Balaban J connectivity index is 2.14. The summed E-state index contributed by atoms with van der Waals surface area (Å²) < 4.78 is 5.33. The van der Waals surface area contributed by atoms with E-state index in [1.54, 1.807) is 30.3 Å². The molecule has 2 aromatic rings. The smallest absolute Gasteiger partial charge is 0.170 e. The van der Waals surface area contributed by atoms with Crippen molar-refractivity contribution >= 4 is 29.1 Å². The molecule has 0 saturated carbocycles. The van der Waals surface area contributed by atoms with Gasteiger partial charge in [0.05, 0.1) is 5.57 Å². The molecule has 1 unspecified atom stereocenters. The largest absolute Gasteiger partial charge is 0.388 e. The van der Waals surface area contributed by atoms with Crippen LogP contribution in [0.15, 0.2) is 48.0 Å². The van der Waals surface area contributed by atoms with Crippen LogP contribution in [0.3, 0.4) is 0 Å². The molecule has 2 aromatic carbocycles. The first-order valence-corrected chi connectivity index (χ1v) is 11.0. The molecule has 1 N–H and O–H groups in total. The van der Waals surface area contributed by atoms with Crippen LogP contribution in [0.5, 0.6) is 0 Å². The Morgan fingerprint density at radius 2 is 1.78 bits per heavy atom. The van der Waals surface area contributed by atoms with Gasteiger partial charge in [-0.3, -0.25) is 14.4 Å². The number of carbonyl (C=O) groups excluding carboxylic acids is 3. The zero-order chi connectivity index (χ0) is 23.7. The minimum absolute atomic E-state index is 0.0618. The molecule has 0 amide bonds. The zero-order valence-corrected chi connectivity index (χ0v) is 19.7. The molecule has 0 fully saturated rings. The van der Waals surface area contributed by atoms with Crippen molar-refractivity contribution in [2.45, 2.75) is 40.5 Å². The van der Waals surface area contributed by atoms with E-state index >= 15 is 0 Å². The molecule has 0 spiro atoms. The van der Waals surface area contributed by atoms with Gasteiger partial charge >= 0.3 is 0 Å². The van der Waals surface area contributed by atoms with Gasteiger partial charge in [0.25, 0.3) is 0 Å². The van der Waals surface area contributed by atoms with Gasteiger partial charge in [0.1, 0.15) is 0 Å². The molecule has 32 heavy (non-hydrogen) atoms. The van der Waals surface area contributed by atoms with Gasteiger partial charge in [-0.15, -0.1) is 0 Å². The number of anilines is 1. The minimum Gasteiger partial charge on any atom is -0.388 e. The molecule has 0 aliphatic carbocycles. The van der Waals surface area contributed by atoms with Crippen LogP contribution >= 0.6 is 0 Å². The van der Waals surface area contributed by atoms with Crippen LogP contribution in [0, 0.1) is 12.8 Å². The average Bonchev–Trinajstić information content (AvgIpc) is 2.78. The van der Waals surface area contributed by atoms with Crippen molar-refractivity contribution in [1.82, 2.24) is 0 Å². The molecule has 170 valence electrons. The highest BCUT2D eigenvalue weighted by Crippen LogP contribution is 2.22. The van der Waals surface area contributed by atoms with Crippen molar-refractivity contribution in [3.05, 3.63) is 70.3 Å². The van der Waals surface area contributed by atoms with E-state index in [0.717, 1.165) is 22.4 Å². The highest BCUT2D eigenvalue weighted by molar-refractivity contribution is 6.23. The van der Waals surface area contributed by atoms with Crippen LogP contribution in [-0.4, -0.2) is 37.6 Å². The molecule has 0 aromatic heterocycles. The second-order valence-corrected chi connectivity index (χ2v) is 7.93. The van der Waals surface area contributed by atoms with Crippen molar-refractivity contribution in [2.24, 2.45) is 5.92 Å². The van der Waals surface area contributed by atoms with E-state index in [2.05, 4.69) is 5.32 Å². The third-order valence-corrected chi connectivity index (χ3v) is 5.57. The van der Waals surface area contributed by atoms with Gasteiger partial charge in [-0.25, -0.2) is 0 Å². The van der Waals surface area contributed by atoms with Crippen LogP contribution in [0.4, 0.5) is 5.69 Å². The molecule has 1 atom stereocenters. The number of carbonyl (C=O) groups is 3. The van der Waals surface area contributed by atoms with Gasteiger partial charge in [0.2, 0.25) is 0 Å². The standard InChI is InChI=1S/C27H33NO4/c1-6-32-15-14-18(2)27(31)22-12-10-21(11-13-22)16-26(30)24(20(4)29)17-23-8-7-9-25(28-5)19(23)3/h7-13,17-18,28H,6,14-16H2,1-5H3/b24-17+. The lowest BCUT2D eigenvalue weighted by atomic mass is 9.94. The summed E-state index contributed by atoms with van der Waals surface area (Å²) in [5.74, 6) is -0.570. The highest BCUT2D eigenvalue weighted by atomic mass is 16.5. The number of ketones is 3. The number of hydrogen-bond donors (Lipinski definition) is 1. The van der Waals surface area contributed by atoms with Crippen molar-refractivity contribution in [1.29, 1.82) is 0 Å². The SMILES string of the molecule is CCOCCC(C)C(=O)c1ccc(CC(=O)/C(=C/c2cccc(NC)c2C)C(C)=O)cc1. The summed E-state index contributed by atoms with van der Waals surface area (Å²) in [5.41, 5.74) is 4.31. The number of nitrogens with one attached hydrogen (secondary N) is 1. The van der Waals surface area contributed by atoms with E-state index in [0.29, 0.717) is 25.2 Å². The lowest BCUT2D eigenvalue weighted by molar-refractivity contribution is -0.119. The minimum atomic E-state index is -0.265. The van der Waals surface area contributed by atoms with Crippen molar-refractivity contribution < 1.29 is 19.1 Å². The monoisotopic (exact) mass is 435 g/mol. The van der Waals surface area contributed by atoms with E-state index in [-0.39, 0.29) is 35.3 Å². The molecule has 0 aliphatic rings. The summed E-state index contributed by atoms with van der Waals surface area (Å²) in [7, 11) is 1.83. The van der Waals surface area contributed by atoms with Crippen molar-refractivity contribution in [3.8, 4) is 0 Å². The van der Waals surface area contributed by atoms with Crippen LogP contribution in [0.1, 0.15) is 54.2 Å². The van der Waals surface area contributed by atoms with Crippen LogP contribution in [0.2, 0.25) is 0 Å². The molecule has 0 heterocycles. The second kappa shape index (κ2) is 12.1. The number of rotatable bonds is 12. The Morgan fingerprint density at radius 3 is 2.38 bits per heavy atom. The lowest BCUT2D eigenvalue weighted by Crippen LogP contribution is -2.15. The summed E-state index contributed by atoms with van der Waals surface area (Å²) in [6.45, 7) is 8.39. The highest BCUT2D eigenvalue weighted by Gasteiger charge is 2.18. The fraction of sp³-hybridized carbons (Fsp3) is 0.370.